The van der Waals surface area contributed by atoms with Crippen LogP contribution >= 0.6 is 24.8 Å². The van der Waals surface area contributed by atoms with Crippen molar-refractivity contribution in [1.82, 2.24) is 9.55 Å². The number of nitrogens with zero attached hydrogens (tertiary/aromatic N) is 2. The second-order valence-electron chi connectivity index (χ2n) is 2.43. The first-order valence-electron chi connectivity index (χ1n) is 3.46. The van der Waals surface area contributed by atoms with Crippen molar-refractivity contribution in [2.24, 2.45) is 12.8 Å². The third kappa shape index (κ3) is 3.17. The highest BCUT2D eigenvalue weighted by Gasteiger charge is 2.18. The molecule has 0 aliphatic rings. The van der Waals surface area contributed by atoms with Gasteiger partial charge in [-0.3, -0.25) is 0 Å². The predicted molar refractivity (Wildman–Crippen MR) is 56.6 cm³/mol. The summed E-state index contributed by atoms with van der Waals surface area (Å²) >= 11 is 0. The average molecular weight is 242 g/mol. The molecule has 0 bridgehead atoms. The molecule has 0 aliphatic carbocycles. The summed E-state index contributed by atoms with van der Waals surface area (Å²) in [6, 6.07) is -0.748. The van der Waals surface area contributed by atoms with E-state index in [-0.39, 0.29) is 24.8 Å². The molecule has 0 saturated carbocycles. The number of nitrogens with two attached hydrogens (primary N) is 1. The maximum Gasteiger partial charge on any atom is 0.328 e. The van der Waals surface area contributed by atoms with Crippen molar-refractivity contribution in [2.75, 3.05) is 7.11 Å². The molecule has 0 amide bonds. The second-order valence-corrected chi connectivity index (χ2v) is 2.43. The molecular weight excluding hydrogens is 229 g/mol. The summed E-state index contributed by atoms with van der Waals surface area (Å²) in [5, 5.41) is 0. The SMILES string of the molecule is COC(=O)C(N)c1cncn1C.Cl.Cl. The molecule has 1 rings (SSSR count). The summed E-state index contributed by atoms with van der Waals surface area (Å²) in [6.07, 6.45) is 3.12. The number of imidazole rings is 1. The first-order chi connectivity index (χ1) is 5.66. The van der Waals surface area contributed by atoms with Crippen LogP contribution < -0.4 is 5.73 Å². The van der Waals surface area contributed by atoms with Crippen LogP contribution in [0.1, 0.15) is 11.7 Å². The lowest BCUT2D eigenvalue weighted by atomic mass is 10.2. The zero-order valence-electron chi connectivity index (χ0n) is 7.84. The van der Waals surface area contributed by atoms with E-state index in [9.17, 15) is 4.79 Å². The fraction of sp³-hybridized carbons (Fsp3) is 0.429. The standard InChI is InChI=1S/C7H11N3O2.2ClH/c1-10-4-9-3-5(10)6(8)7(11)12-2;;/h3-4,6H,8H2,1-2H3;2*1H. The lowest BCUT2D eigenvalue weighted by Crippen LogP contribution is -2.24. The lowest BCUT2D eigenvalue weighted by Gasteiger charge is -2.08. The molecule has 14 heavy (non-hydrogen) atoms. The van der Waals surface area contributed by atoms with Crippen LogP contribution in [0.4, 0.5) is 0 Å². The number of aryl methyl sites for hydroxylation is 1. The van der Waals surface area contributed by atoms with Gasteiger partial charge in [0.1, 0.15) is 6.04 Å². The summed E-state index contributed by atoms with van der Waals surface area (Å²) in [5.74, 6) is -0.460. The molecule has 0 fully saturated rings. The fourth-order valence-corrected chi connectivity index (χ4v) is 0.915. The van der Waals surface area contributed by atoms with Gasteiger partial charge in [-0.2, -0.15) is 0 Å². The van der Waals surface area contributed by atoms with Crippen molar-refractivity contribution in [2.45, 2.75) is 6.04 Å². The average Bonchev–Trinajstić information content (AvgIpc) is 2.48. The Balaban J connectivity index is 0. The summed E-state index contributed by atoms with van der Waals surface area (Å²) < 4.78 is 6.17. The Hall–Kier alpha value is -0.780. The minimum atomic E-state index is -0.748. The molecule has 1 unspecified atom stereocenters. The summed E-state index contributed by atoms with van der Waals surface area (Å²) in [6.45, 7) is 0. The number of esters is 1. The highest BCUT2D eigenvalue weighted by Crippen LogP contribution is 2.08. The predicted octanol–water partition coefficient (Wildman–Crippen LogP) is 0.436. The van der Waals surface area contributed by atoms with Crippen LogP contribution in [-0.4, -0.2) is 22.6 Å². The van der Waals surface area contributed by atoms with Crippen LogP contribution in [0.5, 0.6) is 0 Å². The van der Waals surface area contributed by atoms with Crippen LogP contribution in [0.2, 0.25) is 0 Å². The van der Waals surface area contributed by atoms with Gasteiger partial charge in [0, 0.05) is 7.05 Å². The van der Waals surface area contributed by atoms with Gasteiger partial charge in [0.25, 0.3) is 0 Å². The first kappa shape index (κ1) is 15.7. The summed E-state index contributed by atoms with van der Waals surface area (Å²) in [7, 11) is 3.07. The van der Waals surface area contributed by atoms with Gasteiger partial charge >= 0.3 is 5.97 Å². The normalized spacial score (nSPS) is 10.8. The van der Waals surface area contributed by atoms with E-state index in [4.69, 9.17) is 5.73 Å². The molecule has 0 radical (unpaired) electrons. The number of halogens is 2. The second kappa shape index (κ2) is 6.64. The zero-order valence-corrected chi connectivity index (χ0v) is 9.47. The Morgan fingerprint density at radius 3 is 2.57 bits per heavy atom. The molecule has 1 atom stereocenters. The number of carbonyl (C=O) groups is 1. The van der Waals surface area contributed by atoms with E-state index in [1.54, 1.807) is 24.1 Å². The van der Waals surface area contributed by atoms with Gasteiger partial charge < -0.3 is 15.0 Å². The highest BCUT2D eigenvalue weighted by atomic mass is 35.5. The van der Waals surface area contributed by atoms with Gasteiger partial charge in [0.05, 0.1) is 25.3 Å². The Bertz CT molecular complexity index is 290. The highest BCUT2D eigenvalue weighted by molar-refractivity contribution is 5.85. The third-order valence-electron chi connectivity index (χ3n) is 1.63. The summed E-state index contributed by atoms with van der Waals surface area (Å²) in [4.78, 5) is 14.8. The Labute approximate surface area is 94.5 Å². The molecule has 0 saturated heterocycles. The van der Waals surface area contributed by atoms with Gasteiger partial charge in [-0.15, -0.1) is 24.8 Å². The zero-order chi connectivity index (χ0) is 9.14. The number of hydrogen-bond donors (Lipinski definition) is 1. The Morgan fingerprint density at radius 2 is 2.21 bits per heavy atom. The number of aromatic nitrogens is 2. The van der Waals surface area contributed by atoms with E-state index in [0.29, 0.717) is 5.69 Å². The van der Waals surface area contributed by atoms with Crippen LogP contribution in [0, 0.1) is 0 Å². The van der Waals surface area contributed by atoms with E-state index < -0.39 is 12.0 Å². The van der Waals surface area contributed by atoms with E-state index >= 15 is 0 Å². The van der Waals surface area contributed by atoms with Crippen molar-refractivity contribution in [3.05, 3.63) is 18.2 Å². The number of ether oxygens (including phenoxy) is 1. The van der Waals surface area contributed by atoms with Gasteiger partial charge in [-0.1, -0.05) is 0 Å². The molecular formula is C7H13Cl2N3O2. The van der Waals surface area contributed by atoms with Crippen molar-refractivity contribution in [3.63, 3.8) is 0 Å². The van der Waals surface area contributed by atoms with Crippen LogP contribution in [0.15, 0.2) is 12.5 Å². The van der Waals surface area contributed by atoms with Gasteiger partial charge in [-0.25, -0.2) is 9.78 Å². The maximum atomic E-state index is 11.0. The van der Waals surface area contributed by atoms with Crippen LogP contribution in [0.25, 0.3) is 0 Å². The minimum Gasteiger partial charge on any atom is -0.468 e. The number of methoxy groups -OCH3 is 1. The quantitative estimate of drug-likeness (QED) is 0.764. The molecule has 1 aromatic rings. The topological polar surface area (TPSA) is 70.1 Å². The fourth-order valence-electron chi connectivity index (χ4n) is 0.915. The number of carbonyl (C=O) groups excluding carboxylic acids is 1. The Kier molecular flexibility index (Phi) is 7.44. The third-order valence-corrected chi connectivity index (χ3v) is 1.63. The molecule has 82 valence electrons. The van der Waals surface area contributed by atoms with Crippen molar-refractivity contribution < 1.29 is 9.53 Å². The number of rotatable bonds is 2. The Morgan fingerprint density at radius 1 is 1.64 bits per heavy atom. The van der Waals surface area contributed by atoms with Crippen LogP contribution in [0.3, 0.4) is 0 Å². The van der Waals surface area contributed by atoms with Gasteiger partial charge in [0.15, 0.2) is 0 Å². The van der Waals surface area contributed by atoms with E-state index in [1.165, 1.54) is 7.11 Å². The van der Waals surface area contributed by atoms with Crippen molar-refractivity contribution in [1.29, 1.82) is 0 Å². The largest absolute Gasteiger partial charge is 0.468 e. The molecule has 2 N–H and O–H groups in total. The van der Waals surface area contributed by atoms with E-state index in [0.717, 1.165) is 0 Å². The van der Waals surface area contributed by atoms with Crippen molar-refractivity contribution in [3.8, 4) is 0 Å². The van der Waals surface area contributed by atoms with Gasteiger partial charge in [0.2, 0.25) is 0 Å². The smallest absolute Gasteiger partial charge is 0.328 e. The van der Waals surface area contributed by atoms with E-state index in [1.807, 2.05) is 0 Å². The molecule has 5 nitrogen and oxygen atoms in total. The summed E-state index contributed by atoms with van der Waals surface area (Å²) in [5.41, 5.74) is 6.20. The van der Waals surface area contributed by atoms with Crippen molar-refractivity contribution >= 4 is 30.8 Å². The minimum absolute atomic E-state index is 0. The van der Waals surface area contributed by atoms with Gasteiger partial charge in [-0.05, 0) is 0 Å². The molecule has 0 aliphatic heterocycles. The van der Waals surface area contributed by atoms with Crippen LogP contribution in [-0.2, 0) is 16.6 Å². The molecule has 7 heteroatoms. The molecule has 1 aromatic heterocycles. The van der Waals surface area contributed by atoms with E-state index in [2.05, 4.69) is 9.72 Å². The maximum absolute atomic E-state index is 11.0. The monoisotopic (exact) mass is 241 g/mol. The number of hydrogen-bond acceptors (Lipinski definition) is 4. The molecule has 0 aromatic carbocycles. The molecule has 0 spiro atoms. The lowest BCUT2D eigenvalue weighted by molar-refractivity contribution is -0.142. The molecule has 1 heterocycles. The first-order valence-corrected chi connectivity index (χ1v) is 3.46.